The van der Waals surface area contributed by atoms with Crippen molar-refractivity contribution in [2.24, 2.45) is 0 Å². The molecule has 1 saturated carbocycles. The largest absolute Gasteiger partial charge is 0.495 e. The summed E-state index contributed by atoms with van der Waals surface area (Å²) < 4.78 is 10.4. The van der Waals surface area contributed by atoms with Crippen LogP contribution in [0.4, 0.5) is 0 Å². The zero-order chi connectivity index (χ0) is 11.8. The molecule has 16 heavy (non-hydrogen) atoms. The van der Waals surface area contributed by atoms with Crippen LogP contribution in [0.5, 0.6) is 11.5 Å². The van der Waals surface area contributed by atoms with Crippen LogP contribution in [0, 0.1) is 11.3 Å². The molecule has 0 atom stereocenters. The third-order valence-electron chi connectivity index (χ3n) is 2.97. The quantitative estimate of drug-likeness (QED) is 0.812. The molecule has 1 fully saturated rings. The van der Waals surface area contributed by atoms with Crippen LogP contribution in [0.3, 0.4) is 0 Å². The molecule has 0 aliphatic heterocycles. The Kier molecular flexibility index (Phi) is 2.69. The highest BCUT2D eigenvalue weighted by Crippen LogP contribution is 2.53. The van der Waals surface area contributed by atoms with Gasteiger partial charge in [-0.2, -0.15) is 5.26 Å². The molecule has 4 heteroatoms. The van der Waals surface area contributed by atoms with Crippen LogP contribution in [0.2, 0.25) is 5.02 Å². The zero-order valence-electron chi connectivity index (χ0n) is 9.21. The summed E-state index contributed by atoms with van der Waals surface area (Å²) in [6, 6.07) is 5.96. The van der Waals surface area contributed by atoms with Gasteiger partial charge in [0, 0.05) is 5.56 Å². The molecule has 0 saturated heterocycles. The molecule has 0 unspecified atom stereocenters. The molecule has 1 aliphatic rings. The van der Waals surface area contributed by atoms with Crippen molar-refractivity contribution >= 4 is 11.6 Å². The highest BCUT2D eigenvalue weighted by atomic mass is 35.5. The third kappa shape index (κ3) is 1.50. The van der Waals surface area contributed by atoms with Gasteiger partial charge in [-0.25, -0.2) is 0 Å². The van der Waals surface area contributed by atoms with Crippen molar-refractivity contribution in [2.45, 2.75) is 18.3 Å². The molecule has 0 radical (unpaired) electrons. The molecule has 0 aromatic heterocycles. The van der Waals surface area contributed by atoms with Gasteiger partial charge in [0.15, 0.2) is 0 Å². The fourth-order valence-electron chi connectivity index (χ4n) is 1.84. The van der Waals surface area contributed by atoms with Gasteiger partial charge in [-0.05, 0) is 25.0 Å². The smallest absolute Gasteiger partial charge is 0.146 e. The molecule has 0 spiro atoms. The van der Waals surface area contributed by atoms with E-state index in [1.54, 1.807) is 20.3 Å². The number of nitriles is 1. The summed E-state index contributed by atoms with van der Waals surface area (Å²) in [7, 11) is 3.11. The van der Waals surface area contributed by atoms with Crippen LogP contribution in [-0.4, -0.2) is 14.2 Å². The van der Waals surface area contributed by atoms with Gasteiger partial charge in [-0.15, -0.1) is 0 Å². The van der Waals surface area contributed by atoms with Gasteiger partial charge in [0.1, 0.15) is 16.5 Å². The zero-order valence-corrected chi connectivity index (χ0v) is 9.97. The van der Waals surface area contributed by atoms with Crippen LogP contribution < -0.4 is 9.47 Å². The number of rotatable bonds is 3. The molecule has 1 aromatic rings. The van der Waals surface area contributed by atoms with E-state index in [-0.39, 0.29) is 0 Å². The summed E-state index contributed by atoms with van der Waals surface area (Å²) >= 11 is 6.15. The first-order valence-corrected chi connectivity index (χ1v) is 5.38. The Morgan fingerprint density at radius 1 is 1.31 bits per heavy atom. The van der Waals surface area contributed by atoms with Crippen molar-refractivity contribution in [1.82, 2.24) is 0 Å². The molecule has 0 heterocycles. The summed E-state index contributed by atoms with van der Waals surface area (Å²) in [5.41, 5.74) is 0.463. The van der Waals surface area contributed by atoms with Crippen LogP contribution >= 0.6 is 11.6 Å². The Labute approximate surface area is 99.5 Å². The van der Waals surface area contributed by atoms with Gasteiger partial charge in [0.05, 0.1) is 25.7 Å². The lowest BCUT2D eigenvalue weighted by atomic mass is 9.96. The van der Waals surface area contributed by atoms with E-state index in [2.05, 4.69) is 6.07 Å². The summed E-state index contributed by atoms with van der Waals surface area (Å²) in [5.74, 6) is 1.12. The first-order chi connectivity index (χ1) is 7.68. The monoisotopic (exact) mass is 237 g/mol. The van der Waals surface area contributed by atoms with Gasteiger partial charge in [-0.1, -0.05) is 11.6 Å². The minimum atomic E-state index is -0.402. The Bertz CT molecular complexity index is 461. The fraction of sp³-hybridized carbons (Fsp3) is 0.417. The van der Waals surface area contributed by atoms with Crippen LogP contribution in [0.15, 0.2) is 12.1 Å². The van der Waals surface area contributed by atoms with Crippen molar-refractivity contribution in [1.29, 1.82) is 5.26 Å². The Hall–Kier alpha value is -1.40. The van der Waals surface area contributed by atoms with E-state index in [0.717, 1.165) is 18.4 Å². The number of nitrogens with zero attached hydrogens (tertiary/aromatic N) is 1. The lowest BCUT2D eigenvalue weighted by molar-refractivity contribution is 0.390. The first-order valence-electron chi connectivity index (χ1n) is 5.01. The van der Waals surface area contributed by atoms with Crippen molar-refractivity contribution in [3.63, 3.8) is 0 Å². The van der Waals surface area contributed by atoms with E-state index < -0.39 is 5.41 Å². The SMILES string of the molecule is COc1ccc(C2(C#N)CC2)c(OC)c1Cl. The van der Waals surface area contributed by atoms with Gasteiger partial charge in [-0.3, -0.25) is 0 Å². The summed E-state index contributed by atoms with van der Waals surface area (Å²) in [6.07, 6.45) is 1.73. The van der Waals surface area contributed by atoms with E-state index in [1.165, 1.54) is 0 Å². The lowest BCUT2D eigenvalue weighted by Crippen LogP contribution is -2.06. The van der Waals surface area contributed by atoms with Crippen molar-refractivity contribution in [3.8, 4) is 17.6 Å². The van der Waals surface area contributed by atoms with Gasteiger partial charge in [0.25, 0.3) is 0 Å². The Morgan fingerprint density at radius 3 is 2.44 bits per heavy atom. The molecule has 1 aromatic carbocycles. The number of benzene rings is 1. The normalized spacial score (nSPS) is 16.4. The number of hydrogen-bond acceptors (Lipinski definition) is 3. The van der Waals surface area contributed by atoms with E-state index in [0.29, 0.717) is 16.5 Å². The second-order valence-electron chi connectivity index (χ2n) is 3.86. The van der Waals surface area contributed by atoms with E-state index in [9.17, 15) is 0 Å². The fourth-order valence-corrected chi connectivity index (χ4v) is 2.16. The average molecular weight is 238 g/mol. The molecular weight excluding hydrogens is 226 g/mol. The van der Waals surface area contributed by atoms with Crippen LogP contribution in [0.25, 0.3) is 0 Å². The van der Waals surface area contributed by atoms with E-state index in [4.69, 9.17) is 26.3 Å². The number of halogens is 1. The predicted molar refractivity (Wildman–Crippen MR) is 61.1 cm³/mol. The second-order valence-corrected chi connectivity index (χ2v) is 4.23. The lowest BCUT2D eigenvalue weighted by Gasteiger charge is -2.15. The van der Waals surface area contributed by atoms with Crippen LogP contribution in [0.1, 0.15) is 18.4 Å². The highest BCUT2D eigenvalue weighted by molar-refractivity contribution is 6.33. The van der Waals surface area contributed by atoms with Gasteiger partial charge in [0.2, 0.25) is 0 Å². The van der Waals surface area contributed by atoms with Gasteiger partial charge >= 0.3 is 0 Å². The second kappa shape index (κ2) is 3.88. The van der Waals surface area contributed by atoms with Gasteiger partial charge < -0.3 is 9.47 Å². The summed E-state index contributed by atoms with van der Waals surface area (Å²) in [4.78, 5) is 0. The summed E-state index contributed by atoms with van der Waals surface area (Å²) in [6.45, 7) is 0. The number of methoxy groups -OCH3 is 2. The molecule has 84 valence electrons. The number of hydrogen-bond donors (Lipinski definition) is 0. The van der Waals surface area contributed by atoms with Crippen LogP contribution in [-0.2, 0) is 5.41 Å². The maximum Gasteiger partial charge on any atom is 0.146 e. The maximum atomic E-state index is 9.17. The molecule has 0 N–H and O–H groups in total. The Morgan fingerprint density at radius 2 is 2.00 bits per heavy atom. The molecule has 1 aliphatic carbocycles. The van der Waals surface area contributed by atoms with Crippen molar-refractivity contribution in [3.05, 3.63) is 22.7 Å². The predicted octanol–water partition coefficient (Wildman–Crippen LogP) is 2.91. The van der Waals surface area contributed by atoms with Crippen molar-refractivity contribution < 1.29 is 9.47 Å². The molecule has 2 rings (SSSR count). The standard InChI is InChI=1S/C12H12ClNO2/c1-15-9-4-3-8(11(16-2)10(9)13)12(7-14)5-6-12/h3-4H,5-6H2,1-2H3. The molecular formula is C12H12ClNO2. The maximum absolute atomic E-state index is 9.17. The number of ether oxygens (including phenoxy) is 2. The van der Waals surface area contributed by atoms with E-state index >= 15 is 0 Å². The summed E-state index contributed by atoms with van der Waals surface area (Å²) in [5, 5.41) is 9.60. The first kappa shape index (κ1) is 11.1. The van der Waals surface area contributed by atoms with Crippen molar-refractivity contribution in [2.75, 3.05) is 14.2 Å². The Balaban J connectivity index is 2.56. The molecule has 0 amide bonds. The molecule has 0 bridgehead atoms. The highest BCUT2D eigenvalue weighted by Gasteiger charge is 2.47. The van der Waals surface area contributed by atoms with E-state index in [1.807, 2.05) is 6.07 Å². The minimum absolute atomic E-state index is 0.402. The molecule has 3 nitrogen and oxygen atoms in total. The third-order valence-corrected chi connectivity index (χ3v) is 3.32. The average Bonchev–Trinajstić information content (AvgIpc) is 3.09. The minimum Gasteiger partial charge on any atom is -0.495 e. The topological polar surface area (TPSA) is 42.2 Å².